The number of nitrogens with zero attached hydrogens (tertiary/aromatic N) is 2. The third-order valence-corrected chi connectivity index (χ3v) is 4.72. The molecule has 0 bridgehead atoms. The maximum Gasteiger partial charge on any atom is 0.155 e. The molecule has 0 unspecified atom stereocenters. The number of carbonyl (C=O) groups is 1. The second-order valence-corrected chi connectivity index (χ2v) is 7.56. The summed E-state index contributed by atoms with van der Waals surface area (Å²) in [4.78, 5) is 16.3. The highest BCUT2D eigenvalue weighted by molar-refractivity contribution is 6.02. The maximum atomic E-state index is 11.7. The largest absolute Gasteiger partial charge is 0.508 e. The normalized spacial score (nSPS) is 11.9. The van der Waals surface area contributed by atoms with Crippen LogP contribution < -0.4 is 5.73 Å². The number of fused-ring (bicyclic) bond motifs is 1. The Balaban J connectivity index is 2.08. The Labute approximate surface area is 158 Å². The summed E-state index contributed by atoms with van der Waals surface area (Å²) in [7, 11) is 0. The van der Waals surface area contributed by atoms with Gasteiger partial charge in [0.1, 0.15) is 17.1 Å². The van der Waals surface area contributed by atoms with E-state index in [1.807, 2.05) is 19.1 Å². The summed E-state index contributed by atoms with van der Waals surface area (Å²) >= 11 is 0. The lowest BCUT2D eigenvalue weighted by Gasteiger charge is -2.16. The smallest absolute Gasteiger partial charge is 0.155 e. The number of aliphatic hydroxyl groups is 1. The van der Waals surface area contributed by atoms with Gasteiger partial charge in [-0.25, -0.2) is 0 Å². The highest BCUT2D eigenvalue weighted by atomic mass is 16.3. The summed E-state index contributed by atoms with van der Waals surface area (Å²) in [6, 6.07) is 8.84. The van der Waals surface area contributed by atoms with Crippen molar-refractivity contribution in [2.75, 3.05) is 5.73 Å². The number of phenolic OH excluding ortho intramolecular Hbond substituents is 1. The molecule has 0 aliphatic rings. The summed E-state index contributed by atoms with van der Waals surface area (Å²) in [5.74, 6) is 0.426. The van der Waals surface area contributed by atoms with Gasteiger partial charge < -0.3 is 15.9 Å². The molecule has 3 rings (SSSR count). The van der Waals surface area contributed by atoms with Crippen LogP contribution in [0.5, 0.6) is 5.75 Å². The molecule has 1 aromatic carbocycles. The van der Waals surface area contributed by atoms with Crippen molar-refractivity contribution in [1.29, 1.82) is 0 Å². The van der Waals surface area contributed by atoms with E-state index in [2.05, 4.69) is 4.98 Å². The van der Waals surface area contributed by atoms with Crippen LogP contribution in [0.2, 0.25) is 0 Å². The number of pyridine rings is 1. The molecule has 0 amide bonds. The molecule has 27 heavy (non-hydrogen) atoms. The molecule has 0 radical (unpaired) electrons. The molecule has 2 aromatic heterocycles. The molecule has 0 saturated heterocycles. The van der Waals surface area contributed by atoms with Gasteiger partial charge in [0.15, 0.2) is 6.29 Å². The molecule has 2 heterocycles. The van der Waals surface area contributed by atoms with Crippen LogP contribution in [0.4, 0.5) is 5.82 Å². The Kier molecular flexibility index (Phi) is 4.93. The fourth-order valence-electron chi connectivity index (χ4n) is 3.30. The van der Waals surface area contributed by atoms with Gasteiger partial charge in [-0.2, -0.15) is 0 Å². The van der Waals surface area contributed by atoms with Crippen molar-refractivity contribution in [1.82, 2.24) is 9.55 Å². The lowest BCUT2D eigenvalue weighted by molar-refractivity contribution is 0.0689. The number of nitrogen functional groups attached to an aromatic ring is 1. The predicted molar refractivity (Wildman–Crippen MR) is 107 cm³/mol. The summed E-state index contributed by atoms with van der Waals surface area (Å²) in [5, 5.41) is 19.7. The number of aromatic nitrogens is 2. The second-order valence-electron chi connectivity index (χ2n) is 7.56. The molecular weight excluding hydrogens is 342 g/mol. The average Bonchev–Trinajstić information content (AvgIpc) is 2.86. The lowest BCUT2D eigenvalue weighted by Crippen LogP contribution is -2.18. The van der Waals surface area contributed by atoms with Crippen LogP contribution in [-0.2, 0) is 6.42 Å². The lowest BCUT2D eigenvalue weighted by atomic mass is 10.0. The third-order valence-electron chi connectivity index (χ3n) is 4.72. The van der Waals surface area contributed by atoms with Crippen LogP contribution >= 0.6 is 0 Å². The molecule has 0 spiro atoms. The van der Waals surface area contributed by atoms with Crippen molar-refractivity contribution in [2.24, 2.45) is 0 Å². The number of hydrogen-bond donors (Lipinski definition) is 3. The molecule has 3 aromatic rings. The zero-order valence-electron chi connectivity index (χ0n) is 15.9. The van der Waals surface area contributed by atoms with Gasteiger partial charge in [-0.05, 0) is 63.8 Å². The second kappa shape index (κ2) is 7.04. The van der Waals surface area contributed by atoms with Gasteiger partial charge >= 0.3 is 0 Å². The molecule has 0 saturated carbocycles. The molecule has 0 fully saturated rings. The van der Waals surface area contributed by atoms with Gasteiger partial charge in [0.25, 0.3) is 0 Å². The van der Waals surface area contributed by atoms with Crippen molar-refractivity contribution in [3.05, 3.63) is 47.2 Å². The Hall–Kier alpha value is -2.86. The molecule has 0 aliphatic heterocycles. The van der Waals surface area contributed by atoms with Crippen molar-refractivity contribution in [2.45, 2.75) is 45.6 Å². The summed E-state index contributed by atoms with van der Waals surface area (Å²) in [6.45, 7) is 5.48. The fraction of sp³-hybridized carbons (Fsp3) is 0.333. The number of phenols is 1. The Morgan fingerprint density at radius 1 is 1.26 bits per heavy atom. The number of hydrogen-bond acceptors (Lipinski definition) is 5. The third kappa shape index (κ3) is 3.80. The number of nitrogens with two attached hydrogens (primary N) is 1. The molecule has 0 atom stereocenters. The molecule has 4 N–H and O–H groups in total. The average molecular weight is 367 g/mol. The van der Waals surface area contributed by atoms with E-state index >= 15 is 0 Å². The first-order valence-corrected chi connectivity index (χ1v) is 8.98. The van der Waals surface area contributed by atoms with Gasteiger partial charge in [-0.3, -0.25) is 14.3 Å². The highest BCUT2D eigenvalue weighted by Crippen LogP contribution is 2.32. The minimum Gasteiger partial charge on any atom is -0.508 e. The van der Waals surface area contributed by atoms with Gasteiger partial charge in [-0.15, -0.1) is 0 Å². The molecular formula is C21H25N3O3. The highest BCUT2D eigenvalue weighted by Gasteiger charge is 2.19. The first-order valence-electron chi connectivity index (χ1n) is 8.98. The number of aryl methyl sites for hydroxylation is 2. The Bertz CT molecular complexity index is 1000. The van der Waals surface area contributed by atoms with E-state index in [1.165, 1.54) is 0 Å². The van der Waals surface area contributed by atoms with Crippen LogP contribution in [-0.4, -0.2) is 31.7 Å². The number of carbonyl (C=O) groups excluding carboxylic acids is 1. The van der Waals surface area contributed by atoms with Crippen LogP contribution in [0.15, 0.2) is 30.3 Å². The summed E-state index contributed by atoms with van der Waals surface area (Å²) in [6.07, 6.45) is 2.88. The molecule has 142 valence electrons. The van der Waals surface area contributed by atoms with E-state index in [0.29, 0.717) is 35.4 Å². The number of rotatable bonds is 6. The van der Waals surface area contributed by atoms with Gasteiger partial charge in [0.2, 0.25) is 0 Å². The number of anilines is 1. The van der Waals surface area contributed by atoms with E-state index in [0.717, 1.165) is 29.5 Å². The van der Waals surface area contributed by atoms with E-state index in [4.69, 9.17) is 5.73 Å². The van der Waals surface area contributed by atoms with Gasteiger partial charge in [0.05, 0.1) is 22.4 Å². The summed E-state index contributed by atoms with van der Waals surface area (Å²) < 4.78 is 1.75. The van der Waals surface area contributed by atoms with Crippen molar-refractivity contribution < 1.29 is 15.0 Å². The fourth-order valence-corrected chi connectivity index (χ4v) is 3.30. The topological polar surface area (TPSA) is 101 Å². The standard InChI is InChI=1S/C21H25N3O3/c1-13-6-8-15(26)11-18(13)24-17-9-7-14(5-4-10-21(2,3)27)23-19(17)16(12-25)20(24)22/h6-9,11-12,26-27H,4-5,10,22H2,1-3H3. The molecule has 6 nitrogen and oxygen atoms in total. The molecule has 0 aliphatic carbocycles. The zero-order valence-corrected chi connectivity index (χ0v) is 15.9. The minimum absolute atomic E-state index is 0.126. The van der Waals surface area contributed by atoms with E-state index in [9.17, 15) is 15.0 Å². The van der Waals surface area contributed by atoms with Gasteiger partial charge in [0, 0.05) is 11.8 Å². The molecule has 6 heteroatoms. The van der Waals surface area contributed by atoms with Crippen LogP contribution in [0.1, 0.15) is 48.3 Å². The first-order chi connectivity index (χ1) is 12.7. The summed E-state index contributed by atoms with van der Waals surface area (Å²) in [5.41, 5.74) is 9.64. The van der Waals surface area contributed by atoms with Crippen molar-refractivity contribution in [3.63, 3.8) is 0 Å². The Morgan fingerprint density at radius 2 is 2.00 bits per heavy atom. The van der Waals surface area contributed by atoms with Gasteiger partial charge in [-0.1, -0.05) is 6.07 Å². The van der Waals surface area contributed by atoms with E-state index in [1.54, 1.807) is 36.6 Å². The SMILES string of the molecule is Cc1ccc(O)cc1-n1c(N)c(C=O)c2nc(CCCC(C)(C)O)ccc21. The van der Waals surface area contributed by atoms with Crippen LogP contribution in [0.3, 0.4) is 0 Å². The number of aromatic hydroxyl groups is 1. The van der Waals surface area contributed by atoms with Crippen LogP contribution in [0, 0.1) is 6.92 Å². The van der Waals surface area contributed by atoms with E-state index in [-0.39, 0.29) is 5.75 Å². The first kappa shape index (κ1) is 18.9. The van der Waals surface area contributed by atoms with Crippen molar-refractivity contribution in [3.8, 4) is 11.4 Å². The predicted octanol–water partition coefficient (Wildman–Crippen LogP) is 3.53. The monoisotopic (exact) mass is 367 g/mol. The number of benzene rings is 1. The quantitative estimate of drug-likeness (QED) is 0.579. The van der Waals surface area contributed by atoms with Crippen LogP contribution in [0.25, 0.3) is 16.7 Å². The Morgan fingerprint density at radius 3 is 2.67 bits per heavy atom. The van der Waals surface area contributed by atoms with E-state index < -0.39 is 5.60 Å². The zero-order chi connectivity index (χ0) is 19.8. The van der Waals surface area contributed by atoms with Crippen molar-refractivity contribution >= 4 is 23.1 Å². The number of aldehydes is 1. The maximum absolute atomic E-state index is 11.7. The minimum atomic E-state index is -0.710.